The van der Waals surface area contributed by atoms with Crippen molar-refractivity contribution in [1.82, 2.24) is 4.72 Å². The maximum absolute atomic E-state index is 13.0. The summed E-state index contributed by atoms with van der Waals surface area (Å²) in [5.74, 6) is -0.0105. The monoisotopic (exact) mass is 560 g/mol. The Hall–Kier alpha value is -2.95. The first-order valence-corrected chi connectivity index (χ1v) is 14.6. The van der Waals surface area contributed by atoms with E-state index in [1.807, 2.05) is 31.2 Å². The van der Waals surface area contributed by atoms with Crippen molar-refractivity contribution >= 4 is 39.0 Å². The number of halogens is 3. The zero-order valence-electron chi connectivity index (χ0n) is 20.6. The predicted molar refractivity (Wildman–Crippen MR) is 142 cm³/mol. The lowest BCUT2D eigenvalue weighted by molar-refractivity contribution is -0.137. The zero-order chi connectivity index (χ0) is 27.1. The maximum Gasteiger partial charge on any atom is 0.416 e. The lowest BCUT2D eigenvalue weighted by Crippen LogP contribution is -2.41. The van der Waals surface area contributed by atoms with Crippen LogP contribution in [-0.4, -0.2) is 20.4 Å². The van der Waals surface area contributed by atoms with Crippen LogP contribution in [-0.2, 0) is 33.8 Å². The number of alkyl halides is 3. The number of nitrogens with one attached hydrogen (secondary N) is 2. The Bertz CT molecular complexity index is 1480. The number of anilines is 1. The number of hydrogen-bond donors (Lipinski definition) is 2. The van der Waals surface area contributed by atoms with Crippen molar-refractivity contribution in [2.75, 3.05) is 5.32 Å². The summed E-state index contributed by atoms with van der Waals surface area (Å²) in [5.41, 5.74) is 2.62. The van der Waals surface area contributed by atoms with Crippen LogP contribution in [0.1, 0.15) is 40.0 Å². The van der Waals surface area contributed by atoms with Crippen LogP contribution in [0.3, 0.4) is 0 Å². The van der Waals surface area contributed by atoms with Crippen molar-refractivity contribution in [2.24, 2.45) is 11.8 Å². The van der Waals surface area contributed by atoms with Gasteiger partial charge in [0.15, 0.2) is 0 Å². The molecule has 3 aromatic rings. The molecule has 0 saturated heterocycles. The van der Waals surface area contributed by atoms with Gasteiger partial charge in [-0.2, -0.15) is 13.2 Å². The second-order valence-corrected chi connectivity index (χ2v) is 13.2. The Morgan fingerprint density at radius 2 is 1.66 bits per heavy atom. The molecule has 2 N–H and O–H groups in total. The van der Waals surface area contributed by atoms with Crippen LogP contribution in [0.4, 0.5) is 18.9 Å². The standard InChI is InChI=1S/C28H27F3N2O3S2/c1-17-2-13-26(37-17)38(35,36)33-27-20-6-7-21(27)15-22-16-24(11-8-19(22)14-20)32-25(34)12-5-18-3-9-23(10-4-18)28(29,30)31/h2-5,8-13,16,20-21,27,33H,6-7,14-15H2,1H3,(H,32,34)/b12-5+. The van der Waals surface area contributed by atoms with Gasteiger partial charge in [-0.25, -0.2) is 13.1 Å². The summed E-state index contributed by atoms with van der Waals surface area (Å²) in [5, 5.41) is 2.82. The summed E-state index contributed by atoms with van der Waals surface area (Å²) in [4.78, 5) is 13.4. The van der Waals surface area contributed by atoms with Crippen molar-refractivity contribution in [2.45, 2.75) is 49.0 Å². The molecule has 10 heteroatoms. The average molecular weight is 561 g/mol. The molecule has 1 saturated carbocycles. The molecule has 1 aromatic heterocycles. The first-order valence-electron chi connectivity index (χ1n) is 12.3. The second kappa shape index (κ2) is 10.3. The zero-order valence-corrected chi connectivity index (χ0v) is 22.2. The fourth-order valence-electron chi connectivity index (χ4n) is 5.41. The molecule has 200 valence electrons. The number of rotatable bonds is 6. The quantitative estimate of drug-likeness (QED) is 0.353. The molecule has 1 fully saturated rings. The fraction of sp³-hybridized carbons (Fsp3) is 0.321. The SMILES string of the molecule is Cc1ccc(S(=O)(=O)NC2C3CCC2Cc2cc(NC(=O)/C=C/c4ccc(C(F)(F)F)cc4)ccc2C3)s1. The highest BCUT2D eigenvalue weighted by Crippen LogP contribution is 2.41. The first kappa shape index (κ1) is 26.6. The second-order valence-electron chi connectivity index (χ2n) is 9.94. The fourth-order valence-corrected chi connectivity index (χ4v) is 8.09. The third-order valence-corrected chi connectivity index (χ3v) is 10.3. The Kier molecular flexibility index (Phi) is 7.23. The number of aryl methyl sites for hydroxylation is 1. The highest BCUT2D eigenvalue weighted by Gasteiger charge is 2.41. The summed E-state index contributed by atoms with van der Waals surface area (Å²) >= 11 is 1.27. The number of hydrogen-bond acceptors (Lipinski definition) is 4. The predicted octanol–water partition coefficient (Wildman–Crippen LogP) is 6.20. The maximum atomic E-state index is 13.0. The van der Waals surface area contributed by atoms with Gasteiger partial charge in [0.05, 0.1) is 5.56 Å². The van der Waals surface area contributed by atoms with Gasteiger partial charge in [0.25, 0.3) is 0 Å². The van der Waals surface area contributed by atoms with E-state index in [1.54, 1.807) is 6.07 Å². The molecular weight excluding hydrogens is 533 g/mol. The van der Waals surface area contributed by atoms with E-state index in [0.29, 0.717) is 21.9 Å². The molecule has 0 spiro atoms. The molecule has 2 bridgehead atoms. The molecule has 2 aliphatic rings. The first-order chi connectivity index (χ1) is 18.0. The number of carbonyl (C=O) groups excluding carboxylic acids is 1. The normalized spacial score (nSPS) is 21.3. The topological polar surface area (TPSA) is 75.3 Å². The highest BCUT2D eigenvalue weighted by atomic mass is 32.2. The number of carbonyl (C=O) groups is 1. The van der Waals surface area contributed by atoms with Gasteiger partial charge >= 0.3 is 6.18 Å². The minimum Gasteiger partial charge on any atom is -0.323 e. The molecular formula is C28H27F3N2O3S2. The molecule has 38 heavy (non-hydrogen) atoms. The lowest BCUT2D eigenvalue weighted by atomic mass is 9.93. The van der Waals surface area contributed by atoms with E-state index in [-0.39, 0.29) is 17.9 Å². The van der Waals surface area contributed by atoms with E-state index in [9.17, 15) is 26.4 Å². The van der Waals surface area contributed by atoms with Crippen LogP contribution >= 0.6 is 11.3 Å². The van der Waals surface area contributed by atoms with Gasteiger partial charge in [-0.3, -0.25) is 4.79 Å². The summed E-state index contributed by atoms with van der Waals surface area (Å²) in [7, 11) is -3.58. The Morgan fingerprint density at radius 3 is 2.29 bits per heavy atom. The minimum atomic E-state index is -4.40. The molecule has 1 heterocycles. The van der Waals surface area contributed by atoms with E-state index < -0.39 is 27.7 Å². The third kappa shape index (κ3) is 5.87. The summed E-state index contributed by atoms with van der Waals surface area (Å²) in [6.45, 7) is 1.89. The summed E-state index contributed by atoms with van der Waals surface area (Å²) in [6, 6.07) is 13.7. The largest absolute Gasteiger partial charge is 0.416 e. The minimum absolute atomic E-state index is 0.139. The smallest absolute Gasteiger partial charge is 0.323 e. The van der Waals surface area contributed by atoms with Crippen molar-refractivity contribution in [3.8, 4) is 0 Å². The Labute approximate surface area is 223 Å². The van der Waals surface area contributed by atoms with Crippen LogP contribution in [0.5, 0.6) is 0 Å². The van der Waals surface area contributed by atoms with Crippen molar-refractivity contribution < 1.29 is 26.4 Å². The van der Waals surface area contributed by atoms with Crippen LogP contribution in [0.25, 0.3) is 6.08 Å². The van der Waals surface area contributed by atoms with E-state index in [2.05, 4.69) is 10.0 Å². The molecule has 0 aliphatic heterocycles. The number of sulfonamides is 1. The van der Waals surface area contributed by atoms with Gasteiger partial charge in [0, 0.05) is 22.7 Å². The van der Waals surface area contributed by atoms with Crippen molar-refractivity contribution in [1.29, 1.82) is 0 Å². The Morgan fingerprint density at radius 1 is 0.974 bits per heavy atom. The van der Waals surface area contributed by atoms with Crippen molar-refractivity contribution in [3.63, 3.8) is 0 Å². The third-order valence-electron chi connectivity index (χ3n) is 7.30. The van der Waals surface area contributed by atoms with E-state index in [4.69, 9.17) is 0 Å². The summed E-state index contributed by atoms with van der Waals surface area (Å²) in [6.07, 6.45) is 1.73. The number of amides is 1. The average Bonchev–Trinajstić information content (AvgIpc) is 3.41. The molecule has 5 rings (SSSR count). The van der Waals surface area contributed by atoms with Crippen molar-refractivity contribution in [3.05, 3.63) is 87.8 Å². The van der Waals surface area contributed by atoms with Gasteiger partial charge in [0.2, 0.25) is 15.9 Å². The van der Waals surface area contributed by atoms with E-state index >= 15 is 0 Å². The van der Waals surface area contributed by atoms with Gasteiger partial charge in [-0.05, 0) is 104 Å². The van der Waals surface area contributed by atoms with Crippen LogP contribution in [0.15, 0.2) is 64.9 Å². The number of fused-ring (bicyclic) bond motifs is 3. The van der Waals surface area contributed by atoms with Gasteiger partial charge in [-0.1, -0.05) is 18.2 Å². The molecule has 1 amide bonds. The van der Waals surface area contributed by atoms with Gasteiger partial charge in [-0.15, -0.1) is 11.3 Å². The molecule has 3 atom stereocenters. The molecule has 3 unspecified atom stereocenters. The van der Waals surface area contributed by atoms with Gasteiger partial charge < -0.3 is 5.32 Å². The highest BCUT2D eigenvalue weighted by molar-refractivity contribution is 7.91. The molecule has 2 aromatic carbocycles. The summed E-state index contributed by atoms with van der Waals surface area (Å²) < 4.78 is 67.5. The Balaban J connectivity index is 1.25. The molecule has 0 radical (unpaired) electrons. The molecule has 5 nitrogen and oxygen atoms in total. The number of benzene rings is 2. The van der Waals surface area contributed by atoms with E-state index in [1.165, 1.54) is 35.6 Å². The molecule has 2 aliphatic carbocycles. The lowest BCUT2D eigenvalue weighted by Gasteiger charge is -2.23. The van der Waals surface area contributed by atoms with E-state index in [0.717, 1.165) is 47.4 Å². The van der Waals surface area contributed by atoms with Gasteiger partial charge in [0.1, 0.15) is 4.21 Å². The van der Waals surface area contributed by atoms with Crippen LogP contribution < -0.4 is 10.0 Å². The van der Waals surface area contributed by atoms with Crippen LogP contribution in [0, 0.1) is 18.8 Å². The van der Waals surface area contributed by atoms with Crippen LogP contribution in [0.2, 0.25) is 0 Å². The number of thiophene rings is 1.